The van der Waals surface area contributed by atoms with Crippen molar-refractivity contribution in [2.45, 2.75) is 64.4 Å². The Morgan fingerprint density at radius 1 is 1.18 bits per heavy atom. The molecule has 2 aliphatic heterocycles. The molecular weight excluding hydrogens is 454 g/mol. The van der Waals surface area contributed by atoms with Crippen LogP contribution in [0.15, 0.2) is 29.2 Å². The number of sulfonamides is 1. The molecule has 1 fully saturated rings. The zero-order valence-corrected chi connectivity index (χ0v) is 21.1. The smallest absolute Gasteiger partial charge is 0.248 e. The van der Waals surface area contributed by atoms with E-state index in [-0.39, 0.29) is 41.8 Å². The molecule has 34 heavy (non-hydrogen) atoms. The van der Waals surface area contributed by atoms with Gasteiger partial charge in [-0.2, -0.15) is 9.40 Å². The molecule has 1 aromatic carbocycles. The number of carbonyl (C=O) groups excluding carboxylic acids is 2. The molecule has 4 rings (SSSR count). The number of aromatic nitrogens is 2. The molecule has 1 aromatic heterocycles. The van der Waals surface area contributed by atoms with Crippen LogP contribution in [0.2, 0.25) is 0 Å². The Balaban J connectivity index is 1.53. The minimum atomic E-state index is -3.86. The summed E-state index contributed by atoms with van der Waals surface area (Å²) in [4.78, 5) is 27.4. The highest BCUT2D eigenvalue weighted by atomic mass is 32.2. The minimum Gasteiger partial charge on any atom is -0.354 e. The minimum absolute atomic E-state index is 0.00214. The van der Waals surface area contributed by atoms with Crippen LogP contribution in [0.3, 0.4) is 0 Å². The number of aryl methyl sites for hydroxylation is 1. The first-order chi connectivity index (χ1) is 16.1. The highest BCUT2D eigenvalue weighted by Gasteiger charge is 2.37. The van der Waals surface area contributed by atoms with Crippen LogP contribution >= 0.6 is 0 Å². The van der Waals surface area contributed by atoms with E-state index in [4.69, 9.17) is 0 Å². The van der Waals surface area contributed by atoms with Crippen LogP contribution in [-0.4, -0.2) is 60.0 Å². The maximum absolute atomic E-state index is 13.6. The fraction of sp³-hybridized carbons (Fsp3) is 0.542. The van der Waals surface area contributed by atoms with Crippen molar-refractivity contribution < 1.29 is 18.0 Å². The normalized spacial score (nSPS) is 18.9. The monoisotopic (exact) mass is 487 g/mol. The number of amides is 2. The lowest BCUT2D eigenvalue weighted by atomic mass is 9.98. The lowest BCUT2D eigenvalue weighted by molar-refractivity contribution is -0.126. The molecule has 184 valence electrons. The van der Waals surface area contributed by atoms with E-state index >= 15 is 0 Å². The first kappa shape index (κ1) is 24.4. The van der Waals surface area contributed by atoms with Crippen LogP contribution in [0.4, 0.5) is 5.69 Å². The Hall–Kier alpha value is -2.72. The number of hydrogen-bond acceptors (Lipinski definition) is 5. The zero-order valence-electron chi connectivity index (χ0n) is 20.2. The van der Waals surface area contributed by atoms with Gasteiger partial charge in [-0.15, -0.1) is 0 Å². The number of fused-ring (bicyclic) bond motifs is 1. The predicted molar refractivity (Wildman–Crippen MR) is 129 cm³/mol. The van der Waals surface area contributed by atoms with E-state index in [0.29, 0.717) is 37.3 Å². The molecule has 1 unspecified atom stereocenters. The summed E-state index contributed by atoms with van der Waals surface area (Å²) in [7, 11) is -3.86. The van der Waals surface area contributed by atoms with Crippen molar-refractivity contribution in [2.24, 2.45) is 5.92 Å². The maximum atomic E-state index is 13.6. The highest BCUT2D eigenvalue weighted by Crippen LogP contribution is 2.30. The Labute approximate surface area is 201 Å². The maximum Gasteiger partial charge on any atom is 0.248 e. The van der Waals surface area contributed by atoms with Gasteiger partial charge in [0.15, 0.2) is 0 Å². The number of para-hydroxylation sites is 1. The molecule has 0 bridgehead atoms. The molecule has 2 aromatic rings. The third-order valence-corrected chi connectivity index (χ3v) is 8.69. The molecule has 0 radical (unpaired) electrons. The van der Waals surface area contributed by atoms with Crippen LogP contribution in [-0.2, 0) is 32.6 Å². The van der Waals surface area contributed by atoms with Gasteiger partial charge < -0.3 is 10.2 Å². The molecule has 2 aliphatic rings. The van der Waals surface area contributed by atoms with Crippen molar-refractivity contribution in [3.63, 3.8) is 0 Å². The van der Waals surface area contributed by atoms with E-state index in [2.05, 4.69) is 10.4 Å². The van der Waals surface area contributed by atoms with E-state index in [1.165, 1.54) is 8.99 Å². The van der Waals surface area contributed by atoms with Gasteiger partial charge in [-0.3, -0.25) is 14.3 Å². The summed E-state index contributed by atoms with van der Waals surface area (Å²) in [5, 5.41) is 7.30. The van der Waals surface area contributed by atoms with Crippen LogP contribution in [0.5, 0.6) is 0 Å². The molecule has 0 saturated carbocycles. The topological polar surface area (TPSA) is 105 Å². The van der Waals surface area contributed by atoms with Crippen LogP contribution in [0, 0.1) is 19.8 Å². The summed E-state index contributed by atoms with van der Waals surface area (Å²) in [6.07, 6.45) is 2.08. The van der Waals surface area contributed by atoms with Crippen molar-refractivity contribution in [2.75, 3.05) is 24.5 Å². The Kier molecular flexibility index (Phi) is 6.82. The molecule has 1 N–H and O–H groups in total. The standard InChI is InChI=1S/C24H33N5O4S/c1-16(2)25-24(31)20-9-7-12-27(14-20)34(32,33)23-17(3)26-29(18(23)4)15-22(30)28-13-11-19-8-5-6-10-21(19)28/h5-6,8,10,16,20H,7,9,11-15H2,1-4H3,(H,25,31). The van der Waals surface area contributed by atoms with Gasteiger partial charge in [0.25, 0.3) is 0 Å². The number of piperidine rings is 1. The summed E-state index contributed by atoms with van der Waals surface area (Å²) in [6.45, 7) is 8.20. The van der Waals surface area contributed by atoms with Gasteiger partial charge >= 0.3 is 0 Å². The van der Waals surface area contributed by atoms with Gasteiger partial charge in [-0.1, -0.05) is 18.2 Å². The van der Waals surface area contributed by atoms with Crippen molar-refractivity contribution in [3.8, 4) is 0 Å². The quantitative estimate of drug-likeness (QED) is 0.671. The van der Waals surface area contributed by atoms with E-state index in [1.54, 1.807) is 18.7 Å². The first-order valence-corrected chi connectivity index (χ1v) is 13.3. The first-order valence-electron chi connectivity index (χ1n) is 11.8. The second-order valence-electron chi connectivity index (χ2n) is 9.45. The number of nitrogens with zero attached hydrogens (tertiary/aromatic N) is 4. The summed E-state index contributed by atoms with van der Waals surface area (Å²) >= 11 is 0. The van der Waals surface area contributed by atoms with Gasteiger partial charge in [-0.25, -0.2) is 8.42 Å². The van der Waals surface area contributed by atoms with Crippen LogP contribution in [0.1, 0.15) is 43.6 Å². The number of rotatable bonds is 6. The average molecular weight is 488 g/mol. The third-order valence-electron chi connectivity index (χ3n) is 6.57. The lowest BCUT2D eigenvalue weighted by Crippen LogP contribution is -2.46. The van der Waals surface area contributed by atoms with Crippen LogP contribution in [0.25, 0.3) is 0 Å². The number of hydrogen-bond donors (Lipinski definition) is 1. The SMILES string of the molecule is Cc1nn(CC(=O)N2CCc3ccccc32)c(C)c1S(=O)(=O)N1CCCC(C(=O)NC(C)C)C1. The summed E-state index contributed by atoms with van der Waals surface area (Å²) in [5.74, 6) is -0.614. The third kappa shape index (κ3) is 4.61. The van der Waals surface area contributed by atoms with Gasteiger partial charge in [0.1, 0.15) is 11.4 Å². The summed E-state index contributed by atoms with van der Waals surface area (Å²) < 4.78 is 30.0. The largest absolute Gasteiger partial charge is 0.354 e. The second kappa shape index (κ2) is 9.50. The van der Waals surface area contributed by atoms with Crippen molar-refractivity contribution >= 4 is 27.5 Å². The molecule has 2 amide bonds. The fourth-order valence-corrected chi connectivity index (χ4v) is 6.82. The molecule has 9 nitrogen and oxygen atoms in total. The average Bonchev–Trinajstić information content (AvgIpc) is 3.34. The second-order valence-corrected chi connectivity index (χ2v) is 11.3. The molecule has 1 saturated heterocycles. The van der Waals surface area contributed by atoms with E-state index in [1.807, 2.05) is 38.1 Å². The molecule has 3 heterocycles. The number of benzene rings is 1. The van der Waals surface area contributed by atoms with Crippen molar-refractivity contribution in [1.82, 2.24) is 19.4 Å². The number of nitrogens with one attached hydrogen (secondary N) is 1. The van der Waals surface area contributed by atoms with E-state index < -0.39 is 10.0 Å². The molecule has 0 spiro atoms. The van der Waals surface area contributed by atoms with E-state index in [9.17, 15) is 18.0 Å². The summed E-state index contributed by atoms with van der Waals surface area (Å²) in [6, 6.07) is 7.82. The Bertz CT molecular complexity index is 1200. The van der Waals surface area contributed by atoms with E-state index in [0.717, 1.165) is 17.7 Å². The van der Waals surface area contributed by atoms with Gasteiger partial charge in [0.2, 0.25) is 21.8 Å². The highest BCUT2D eigenvalue weighted by molar-refractivity contribution is 7.89. The van der Waals surface area contributed by atoms with Crippen molar-refractivity contribution in [1.29, 1.82) is 0 Å². The molecule has 10 heteroatoms. The van der Waals surface area contributed by atoms with Gasteiger partial charge in [-0.05, 0) is 58.6 Å². The fourth-order valence-electron chi connectivity index (χ4n) is 4.92. The molecule has 1 atom stereocenters. The number of anilines is 1. The Morgan fingerprint density at radius 2 is 1.91 bits per heavy atom. The number of carbonyl (C=O) groups is 2. The molecule has 0 aliphatic carbocycles. The summed E-state index contributed by atoms with van der Waals surface area (Å²) in [5.41, 5.74) is 2.84. The van der Waals surface area contributed by atoms with Gasteiger partial charge in [0, 0.05) is 31.4 Å². The zero-order chi connectivity index (χ0) is 24.6. The van der Waals surface area contributed by atoms with Crippen LogP contribution < -0.4 is 10.2 Å². The van der Waals surface area contributed by atoms with Gasteiger partial charge in [0.05, 0.1) is 17.3 Å². The van der Waals surface area contributed by atoms with Crippen molar-refractivity contribution in [3.05, 3.63) is 41.2 Å². The molecular formula is C24H33N5O4S. The Morgan fingerprint density at radius 3 is 2.65 bits per heavy atom. The predicted octanol–water partition coefficient (Wildman–Crippen LogP) is 2.01. The lowest BCUT2D eigenvalue weighted by Gasteiger charge is -2.31.